The third-order valence-electron chi connectivity index (χ3n) is 4.35. The zero-order valence-electron chi connectivity index (χ0n) is 14.6. The normalized spacial score (nSPS) is 16.0. The van der Waals surface area contributed by atoms with Crippen molar-refractivity contribution in [2.45, 2.75) is 25.3 Å². The average molecular weight is 445 g/mol. The number of hydrogen-bond donors (Lipinski definition) is 0. The fourth-order valence-electron chi connectivity index (χ4n) is 2.99. The summed E-state index contributed by atoms with van der Waals surface area (Å²) in [4.78, 5) is 33.9. The lowest BCUT2D eigenvalue weighted by molar-refractivity contribution is -0.385. The van der Waals surface area contributed by atoms with Gasteiger partial charge in [0.15, 0.2) is 0 Å². The van der Waals surface area contributed by atoms with Crippen molar-refractivity contribution in [3.05, 3.63) is 74.2 Å². The first-order chi connectivity index (χ1) is 13.3. The maximum Gasteiger partial charge on any atom is 0.269 e. The van der Waals surface area contributed by atoms with E-state index in [1.807, 2.05) is 24.3 Å². The van der Waals surface area contributed by atoms with Gasteiger partial charge in [-0.15, -0.1) is 0 Å². The van der Waals surface area contributed by atoms with Crippen molar-refractivity contribution in [1.82, 2.24) is 5.01 Å². The van der Waals surface area contributed by atoms with Crippen molar-refractivity contribution in [3.8, 4) is 0 Å². The van der Waals surface area contributed by atoms with Crippen molar-refractivity contribution in [2.75, 3.05) is 0 Å². The molecule has 0 bridgehead atoms. The molecule has 2 aromatic carbocycles. The average Bonchev–Trinajstić information content (AvgIpc) is 3.12. The molecule has 0 N–H and O–H groups in total. The van der Waals surface area contributed by atoms with E-state index in [2.05, 4.69) is 21.0 Å². The minimum absolute atomic E-state index is 0.0864. The van der Waals surface area contributed by atoms with Crippen LogP contribution in [0.15, 0.2) is 58.1 Å². The van der Waals surface area contributed by atoms with Crippen LogP contribution >= 0.6 is 15.9 Å². The number of hydrazone groups is 1. The molecule has 8 nitrogen and oxygen atoms in total. The van der Waals surface area contributed by atoms with Crippen LogP contribution in [0.3, 0.4) is 0 Å². The summed E-state index contributed by atoms with van der Waals surface area (Å²) in [5, 5.41) is 27.4. The Bertz CT molecular complexity index is 958. The van der Waals surface area contributed by atoms with Gasteiger partial charge in [0.05, 0.1) is 16.7 Å². The second kappa shape index (κ2) is 8.30. The molecule has 0 aromatic heterocycles. The van der Waals surface area contributed by atoms with Gasteiger partial charge in [-0.2, -0.15) is 5.10 Å². The smallest absolute Gasteiger partial charge is 0.269 e. The second-order valence-corrected chi connectivity index (χ2v) is 7.15. The number of amides is 1. The molecule has 1 heterocycles. The van der Waals surface area contributed by atoms with Crippen LogP contribution in [0.25, 0.3) is 0 Å². The molecule has 0 saturated heterocycles. The predicted molar refractivity (Wildman–Crippen MR) is 102 cm³/mol. The molecule has 0 radical (unpaired) electrons. The summed E-state index contributed by atoms with van der Waals surface area (Å²) in [5.41, 5.74) is 1.93. The number of carbonyl (C=O) groups excluding carboxylic acids is 2. The quantitative estimate of drug-likeness (QED) is 0.501. The molecule has 28 heavy (non-hydrogen) atoms. The Kier molecular flexibility index (Phi) is 5.84. The van der Waals surface area contributed by atoms with E-state index in [1.54, 1.807) is 12.1 Å². The molecule has 0 aliphatic carbocycles. The first-order valence-corrected chi connectivity index (χ1v) is 9.24. The Hall–Kier alpha value is -3.07. The Morgan fingerprint density at radius 2 is 1.89 bits per heavy atom. The number of rotatable bonds is 6. The summed E-state index contributed by atoms with van der Waals surface area (Å²) in [6.45, 7) is 0. The zero-order valence-corrected chi connectivity index (χ0v) is 16.2. The number of carboxylic acids is 1. The second-order valence-electron chi connectivity index (χ2n) is 6.24. The molecule has 3 rings (SSSR count). The fourth-order valence-corrected chi connectivity index (χ4v) is 3.25. The van der Waals surface area contributed by atoms with E-state index >= 15 is 0 Å². The summed E-state index contributed by atoms with van der Waals surface area (Å²) in [6.07, 6.45) is -0.315. The number of hydrogen-bond acceptors (Lipinski definition) is 6. The van der Waals surface area contributed by atoms with Gasteiger partial charge >= 0.3 is 0 Å². The minimum atomic E-state index is -1.32. The lowest BCUT2D eigenvalue weighted by Crippen LogP contribution is -2.29. The molecular weight excluding hydrogens is 430 g/mol. The van der Waals surface area contributed by atoms with E-state index in [0.717, 1.165) is 10.0 Å². The largest absolute Gasteiger partial charge is 0.550 e. The highest BCUT2D eigenvalue weighted by molar-refractivity contribution is 9.10. The molecule has 144 valence electrons. The Morgan fingerprint density at radius 1 is 1.18 bits per heavy atom. The Morgan fingerprint density at radius 3 is 2.54 bits per heavy atom. The molecule has 0 saturated carbocycles. The van der Waals surface area contributed by atoms with Gasteiger partial charge in [0.2, 0.25) is 5.91 Å². The van der Waals surface area contributed by atoms with Crippen molar-refractivity contribution in [3.63, 3.8) is 0 Å². The van der Waals surface area contributed by atoms with E-state index in [9.17, 15) is 24.8 Å². The maximum atomic E-state index is 12.6. The molecule has 0 fully saturated rings. The monoisotopic (exact) mass is 444 g/mol. The number of nitrogens with zero attached hydrogens (tertiary/aromatic N) is 3. The first kappa shape index (κ1) is 19.7. The number of carbonyl (C=O) groups is 2. The molecule has 9 heteroatoms. The van der Waals surface area contributed by atoms with Gasteiger partial charge in [-0.1, -0.05) is 40.2 Å². The van der Waals surface area contributed by atoms with Crippen molar-refractivity contribution in [1.29, 1.82) is 0 Å². The number of benzene rings is 2. The summed E-state index contributed by atoms with van der Waals surface area (Å²) >= 11 is 3.36. The number of nitro groups is 1. The lowest BCUT2D eigenvalue weighted by atomic mass is 9.98. The Labute approximate surface area is 168 Å². The Balaban J connectivity index is 1.94. The van der Waals surface area contributed by atoms with Crippen LogP contribution in [0.1, 0.15) is 36.4 Å². The van der Waals surface area contributed by atoms with E-state index < -0.39 is 29.3 Å². The SMILES string of the molecule is O=C([O-])CCC(=O)N1N=C(c2ccc(Br)cc2)C[C@@H]1c1cccc([N+](=O)[O-])c1. The summed E-state index contributed by atoms with van der Waals surface area (Å²) in [7, 11) is 0. The van der Waals surface area contributed by atoms with Crippen LogP contribution < -0.4 is 5.11 Å². The van der Waals surface area contributed by atoms with Crippen LogP contribution in [0.5, 0.6) is 0 Å². The predicted octanol–water partition coefficient (Wildman–Crippen LogP) is 2.57. The summed E-state index contributed by atoms with van der Waals surface area (Å²) in [5.74, 6) is -1.80. The van der Waals surface area contributed by atoms with Gasteiger partial charge in [0.1, 0.15) is 0 Å². The molecule has 1 amide bonds. The van der Waals surface area contributed by atoms with Gasteiger partial charge in [0, 0.05) is 35.4 Å². The van der Waals surface area contributed by atoms with Crippen molar-refractivity contribution < 1.29 is 19.6 Å². The van der Waals surface area contributed by atoms with Crippen molar-refractivity contribution >= 4 is 39.2 Å². The number of carboxylic acid groups (broad SMARTS) is 1. The van der Waals surface area contributed by atoms with Crippen LogP contribution in [-0.2, 0) is 9.59 Å². The third-order valence-corrected chi connectivity index (χ3v) is 4.88. The molecule has 1 atom stereocenters. The number of halogens is 1. The molecule has 1 aliphatic heterocycles. The highest BCUT2D eigenvalue weighted by atomic mass is 79.9. The first-order valence-electron chi connectivity index (χ1n) is 8.45. The van der Waals surface area contributed by atoms with Gasteiger partial charge in [0.25, 0.3) is 5.69 Å². The minimum Gasteiger partial charge on any atom is -0.550 e. The highest BCUT2D eigenvalue weighted by Gasteiger charge is 2.33. The molecule has 1 aliphatic rings. The zero-order chi connectivity index (χ0) is 20.3. The van der Waals surface area contributed by atoms with Crippen LogP contribution in [-0.4, -0.2) is 27.5 Å². The number of non-ortho nitro benzene ring substituents is 1. The summed E-state index contributed by atoms with van der Waals surface area (Å²) in [6, 6.07) is 12.9. The van der Waals surface area contributed by atoms with Gasteiger partial charge in [-0.25, -0.2) is 5.01 Å². The molecule has 2 aromatic rings. The van der Waals surface area contributed by atoms with Crippen LogP contribution in [0.2, 0.25) is 0 Å². The van der Waals surface area contributed by atoms with Gasteiger partial charge in [-0.3, -0.25) is 14.9 Å². The summed E-state index contributed by atoms with van der Waals surface area (Å²) < 4.78 is 0.895. The van der Waals surface area contributed by atoms with Crippen LogP contribution in [0, 0.1) is 10.1 Å². The maximum absolute atomic E-state index is 12.6. The van der Waals surface area contributed by atoms with E-state index in [0.29, 0.717) is 17.7 Å². The highest BCUT2D eigenvalue weighted by Crippen LogP contribution is 2.34. The van der Waals surface area contributed by atoms with Gasteiger partial charge in [-0.05, 0) is 29.7 Å². The molecule has 0 unspecified atom stereocenters. The number of nitro benzene ring substituents is 1. The fraction of sp³-hybridized carbons (Fsp3) is 0.211. The topological polar surface area (TPSA) is 116 Å². The van der Waals surface area contributed by atoms with E-state index in [4.69, 9.17) is 0 Å². The lowest BCUT2D eigenvalue weighted by Gasteiger charge is -2.22. The van der Waals surface area contributed by atoms with E-state index in [-0.39, 0.29) is 12.1 Å². The third kappa shape index (κ3) is 4.42. The molecular formula is C19H15BrN3O5-. The van der Waals surface area contributed by atoms with Crippen molar-refractivity contribution in [2.24, 2.45) is 5.10 Å². The van der Waals surface area contributed by atoms with E-state index in [1.165, 1.54) is 17.1 Å². The van der Waals surface area contributed by atoms with Crippen LogP contribution in [0.4, 0.5) is 5.69 Å². The molecule has 0 spiro atoms. The standard InChI is InChI=1S/C19H16BrN3O5/c20-14-6-4-12(5-7-14)16-11-17(13-2-1-3-15(10-13)23(27)28)22(21-16)18(24)8-9-19(25)26/h1-7,10,17H,8-9,11H2,(H,25,26)/p-1/t17-/m1/s1. The number of aliphatic carboxylic acids is 1. The van der Waals surface area contributed by atoms with Gasteiger partial charge < -0.3 is 9.90 Å².